The summed E-state index contributed by atoms with van der Waals surface area (Å²) >= 11 is 6.09. The van der Waals surface area contributed by atoms with E-state index in [4.69, 9.17) is 22.4 Å². The van der Waals surface area contributed by atoms with Crippen LogP contribution in [0, 0.1) is 6.92 Å². The van der Waals surface area contributed by atoms with Gasteiger partial charge >= 0.3 is 5.97 Å². The number of rotatable bonds is 4. The molecule has 0 fully saturated rings. The standard InChI is InChI=1S/C13H12ClN3O3/c1-7-16-5-11(13(19)20)17(7)6-9-3-2-8(12(15)18)4-10(9)14/h2-5H,6H2,1H3,(H2,15,18)(H,19,20). The monoisotopic (exact) mass is 293 g/mol. The van der Waals surface area contributed by atoms with Gasteiger partial charge in [0.15, 0.2) is 0 Å². The Morgan fingerprint density at radius 3 is 2.70 bits per heavy atom. The maximum absolute atomic E-state index is 11.1. The maximum Gasteiger partial charge on any atom is 0.354 e. The SMILES string of the molecule is Cc1ncc(C(=O)O)n1Cc1ccc(C(N)=O)cc1Cl. The maximum atomic E-state index is 11.1. The molecule has 104 valence electrons. The Bertz CT molecular complexity index is 694. The zero-order valence-electron chi connectivity index (χ0n) is 10.6. The highest BCUT2D eigenvalue weighted by Crippen LogP contribution is 2.20. The number of carbonyl (C=O) groups excluding carboxylic acids is 1. The van der Waals surface area contributed by atoms with Crippen LogP contribution < -0.4 is 5.73 Å². The van der Waals surface area contributed by atoms with Crippen molar-refractivity contribution in [2.75, 3.05) is 0 Å². The minimum absolute atomic E-state index is 0.0811. The normalized spacial score (nSPS) is 10.5. The zero-order chi connectivity index (χ0) is 14.9. The van der Waals surface area contributed by atoms with Gasteiger partial charge in [0.05, 0.1) is 12.7 Å². The summed E-state index contributed by atoms with van der Waals surface area (Å²) in [6, 6.07) is 4.66. The van der Waals surface area contributed by atoms with Gasteiger partial charge in [0.1, 0.15) is 11.5 Å². The van der Waals surface area contributed by atoms with Crippen molar-refractivity contribution in [1.29, 1.82) is 0 Å². The topological polar surface area (TPSA) is 98.2 Å². The van der Waals surface area contributed by atoms with E-state index in [2.05, 4.69) is 4.98 Å². The molecule has 2 rings (SSSR count). The van der Waals surface area contributed by atoms with Gasteiger partial charge in [-0.3, -0.25) is 4.79 Å². The lowest BCUT2D eigenvalue weighted by atomic mass is 10.1. The molecule has 0 saturated carbocycles. The van der Waals surface area contributed by atoms with Gasteiger partial charge in [-0.1, -0.05) is 17.7 Å². The third kappa shape index (κ3) is 2.65. The molecule has 0 radical (unpaired) electrons. The Morgan fingerprint density at radius 2 is 2.15 bits per heavy atom. The number of hydrogen-bond acceptors (Lipinski definition) is 3. The molecule has 0 aliphatic rings. The van der Waals surface area contributed by atoms with Crippen LogP contribution in [-0.2, 0) is 6.54 Å². The average Bonchev–Trinajstić information content (AvgIpc) is 2.73. The fourth-order valence-electron chi connectivity index (χ4n) is 1.84. The van der Waals surface area contributed by atoms with Crippen LogP contribution in [0.4, 0.5) is 0 Å². The van der Waals surface area contributed by atoms with Crippen molar-refractivity contribution in [3.8, 4) is 0 Å². The van der Waals surface area contributed by atoms with Crippen LogP contribution in [0.25, 0.3) is 0 Å². The van der Waals surface area contributed by atoms with E-state index in [0.29, 0.717) is 22.0 Å². The molecule has 1 aromatic carbocycles. The van der Waals surface area contributed by atoms with Crippen LogP contribution in [0.2, 0.25) is 5.02 Å². The molecule has 0 aliphatic carbocycles. The van der Waals surface area contributed by atoms with E-state index >= 15 is 0 Å². The van der Waals surface area contributed by atoms with Crippen molar-refractivity contribution >= 4 is 23.5 Å². The number of carbonyl (C=O) groups is 2. The number of primary amides is 1. The number of nitrogens with zero attached hydrogens (tertiary/aromatic N) is 2. The van der Waals surface area contributed by atoms with Crippen LogP contribution in [0.3, 0.4) is 0 Å². The molecule has 1 heterocycles. The molecule has 0 atom stereocenters. The van der Waals surface area contributed by atoms with Crippen molar-refractivity contribution in [2.24, 2.45) is 5.73 Å². The molecule has 2 aromatic rings. The van der Waals surface area contributed by atoms with Crippen molar-refractivity contribution in [1.82, 2.24) is 9.55 Å². The van der Waals surface area contributed by atoms with Gasteiger partial charge in [-0.05, 0) is 24.6 Å². The lowest BCUT2D eigenvalue weighted by Gasteiger charge is -2.10. The highest BCUT2D eigenvalue weighted by atomic mass is 35.5. The second kappa shape index (κ2) is 5.34. The van der Waals surface area contributed by atoms with E-state index in [1.54, 1.807) is 19.1 Å². The molecule has 1 amide bonds. The van der Waals surface area contributed by atoms with Crippen LogP contribution in [0.1, 0.15) is 32.2 Å². The lowest BCUT2D eigenvalue weighted by Crippen LogP contribution is -2.13. The Hall–Kier alpha value is -2.34. The first-order valence-electron chi connectivity index (χ1n) is 5.74. The number of aryl methyl sites for hydroxylation is 1. The summed E-state index contributed by atoms with van der Waals surface area (Å²) in [6.45, 7) is 1.96. The molecule has 3 N–H and O–H groups in total. The van der Waals surface area contributed by atoms with E-state index in [-0.39, 0.29) is 12.2 Å². The quantitative estimate of drug-likeness (QED) is 0.896. The zero-order valence-corrected chi connectivity index (χ0v) is 11.4. The molecule has 1 aromatic heterocycles. The number of aromatic carboxylic acids is 1. The van der Waals surface area contributed by atoms with Gasteiger partial charge in [-0.2, -0.15) is 0 Å². The molecule has 7 heteroatoms. The van der Waals surface area contributed by atoms with Gasteiger partial charge in [0, 0.05) is 10.6 Å². The van der Waals surface area contributed by atoms with Crippen LogP contribution in [-0.4, -0.2) is 26.5 Å². The van der Waals surface area contributed by atoms with E-state index < -0.39 is 11.9 Å². The minimum atomic E-state index is -1.06. The van der Waals surface area contributed by atoms with Crippen molar-refractivity contribution in [3.63, 3.8) is 0 Å². The summed E-state index contributed by atoms with van der Waals surface area (Å²) < 4.78 is 1.54. The van der Waals surface area contributed by atoms with Gasteiger partial charge in [-0.25, -0.2) is 9.78 Å². The second-order valence-corrected chi connectivity index (χ2v) is 4.66. The fourth-order valence-corrected chi connectivity index (χ4v) is 2.08. The second-order valence-electron chi connectivity index (χ2n) is 4.25. The number of imidazole rings is 1. The molecule has 20 heavy (non-hydrogen) atoms. The third-order valence-electron chi connectivity index (χ3n) is 2.94. The minimum Gasteiger partial charge on any atom is -0.477 e. The van der Waals surface area contributed by atoms with E-state index in [1.165, 1.54) is 16.8 Å². The smallest absolute Gasteiger partial charge is 0.354 e. The Balaban J connectivity index is 2.38. The van der Waals surface area contributed by atoms with E-state index in [1.807, 2.05) is 0 Å². The van der Waals surface area contributed by atoms with Crippen LogP contribution in [0.5, 0.6) is 0 Å². The Labute approximate surface area is 119 Å². The summed E-state index contributed by atoms with van der Waals surface area (Å²) in [7, 11) is 0. The van der Waals surface area contributed by atoms with Crippen molar-refractivity contribution in [3.05, 3.63) is 52.1 Å². The predicted octanol–water partition coefficient (Wildman–Crippen LogP) is 1.69. The predicted molar refractivity (Wildman–Crippen MR) is 73.0 cm³/mol. The number of amides is 1. The number of halogens is 1. The first-order valence-corrected chi connectivity index (χ1v) is 6.11. The molecular formula is C13H12ClN3O3. The molecule has 0 bridgehead atoms. The lowest BCUT2D eigenvalue weighted by molar-refractivity contribution is 0.0685. The molecule has 0 spiro atoms. The van der Waals surface area contributed by atoms with Gasteiger partial charge in [0.2, 0.25) is 5.91 Å². The number of aromatic nitrogens is 2. The molecular weight excluding hydrogens is 282 g/mol. The summed E-state index contributed by atoms with van der Waals surface area (Å²) in [6.07, 6.45) is 1.29. The first kappa shape index (κ1) is 14.1. The summed E-state index contributed by atoms with van der Waals surface area (Å²) in [5.41, 5.74) is 6.23. The van der Waals surface area contributed by atoms with Crippen molar-refractivity contribution < 1.29 is 14.7 Å². The summed E-state index contributed by atoms with van der Waals surface area (Å²) in [5.74, 6) is -1.06. The summed E-state index contributed by atoms with van der Waals surface area (Å²) in [4.78, 5) is 26.1. The molecule has 0 saturated heterocycles. The number of benzene rings is 1. The van der Waals surface area contributed by atoms with Gasteiger partial charge < -0.3 is 15.4 Å². The number of carboxylic acids is 1. The molecule has 0 unspecified atom stereocenters. The fraction of sp³-hybridized carbons (Fsp3) is 0.154. The first-order chi connectivity index (χ1) is 9.40. The molecule has 6 nitrogen and oxygen atoms in total. The van der Waals surface area contributed by atoms with Gasteiger partial charge in [0.25, 0.3) is 0 Å². The van der Waals surface area contributed by atoms with Gasteiger partial charge in [-0.15, -0.1) is 0 Å². The van der Waals surface area contributed by atoms with E-state index in [9.17, 15) is 9.59 Å². The van der Waals surface area contributed by atoms with E-state index in [0.717, 1.165) is 0 Å². The van der Waals surface area contributed by atoms with Crippen LogP contribution >= 0.6 is 11.6 Å². The Morgan fingerprint density at radius 1 is 1.45 bits per heavy atom. The van der Waals surface area contributed by atoms with Crippen molar-refractivity contribution in [2.45, 2.75) is 13.5 Å². The molecule has 0 aliphatic heterocycles. The number of carboxylic acid groups (broad SMARTS) is 1. The number of nitrogens with two attached hydrogens (primary N) is 1. The highest BCUT2D eigenvalue weighted by Gasteiger charge is 2.15. The van der Waals surface area contributed by atoms with Crippen LogP contribution in [0.15, 0.2) is 24.4 Å². The number of hydrogen-bond donors (Lipinski definition) is 2. The summed E-state index contributed by atoms with van der Waals surface area (Å²) in [5, 5.41) is 9.44. The highest BCUT2D eigenvalue weighted by molar-refractivity contribution is 6.31. The Kier molecular flexibility index (Phi) is 3.76. The average molecular weight is 294 g/mol. The largest absolute Gasteiger partial charge is 0.477 e. The third-order valence-corrected chi connectivity index (χ3v) is 3.29.